The Bertz CT molecular complexity index is 1020. The number of nitrogens with zero attached hydrogens (tertiary/aromatic N) is 6. The highest BCUT2D eigenvalue weighted by atomic mass is 16.1. The van der Waals surface area contributed by atoms with Crippen LogP contribution in [0.5, 0.6) is 0 Å². The van der Waals surface area contributed by atoms with Crippen LogP contribution in [0.1, 0.15) is 37.1 Å². The Morgan fingerprint density at radius 3 is 2.90 bits per heavy atom. The van der Waals surface area contributed by atoms with Gasteiger partial charge in [-0.2, -0.15) is 10.2 Å². The molecule has 5 rings (SSSR count). The summed E-state index contributed by atoms with van der Waals surface area (Å²) in [4.78, 5) is 19.1. The van der Waals surface area contributed by atoms with E-state index in [0.717, 1.165) is 55.8 Å². The van der Waals surface area contributed by atoms with Crippen molar-refractivity contribution in [3.63, 3.8) is 0 Å². The monoisotopic (exact) mass is 390 g/mol. The number of aromatic nitrogens is 5. The molecule has 0 saturated carbocycles. The molecule has 0 aromatic carbocycles. The van der Waals surface area contributed by atoms with Gasteiger partial charge in [0.1, 0.15) is 0 Å². The molecule has 7 nitrogen and oxygen atoms in total. The molecule has 2 aliphatic rings. The van der Waals surface area contributed by atoms with Crippen molar-refractivity contribution in [3.8, 4) is 11.3 Å². The molecule has 2 aliphatic heterocycles. The van der Waals surface area contributed by atoms with Gasteiger partial charge in [0.25, 0.3) is 5.56 Å². The van der Waals surface area contributed by atoms with Crippen LogP contribution in [0.2, 0.25) is 0 Å². The first-order valence-corrected chi connectivity index (χ1v) is 10.5. The first-order valence-electron chi connectivity index (χ1n) is 10.5. The third-order valence-electron chi connectivity index (χ3n) is 6.04. The SMILES string of the molecule is O=c1ccc(-c2cccnc2)nn1CC1CCCN1Cc1cc2n(n1)CCCC2. The van der Waals surface area contributed by atoms with Crippen molar-refractivity contribution >= 4 is 0 Å². The number of likely N-dealkylation sites (tertiary alicyclic amines) is 1. The summed E-state index contributed by atoms with van der Waals surface area (Å²) in [5.74, 6) is 0. The Kier molecular flexibility index (Phi) is 4.97. The predicted octanol–water partition coefficient (Wildman–Crippen LogP) is 2.50. The van der Waals surface area contributed by atoms with Gasteiger partial charge in [-0.3, -0.25) is 19.4 Å². The number of hydrogen-bond acceptors (Lipinski definition) is 5. The molecule has 150 valence electrons. The summed E-state index contributed by atoms with van der Waals surface area (Å²) < 4.78 is 3.79. The van der Waals surface area contributed by atoms with Crippen LogP contribution in [0.3, 0.4) is 0 Å². The van der Waals surface area contributed by atoms with Gasteiger partial charge in [-0.25, -0.2) is 4.68 Å². The zero-order valence-corrected chi connectivity index (χ0v) is 16.6. The Labute approximate surface area is 170 Å². The van der Waals surface area contributed by atoms with Crippen molar-refractivity contribution in [1.29, 1.82) is 0 Å². The summed E-state index contributed by atoms with van der Waals surface area (Å²) in [6.07, 6.45) is 9.37. The largest absolute Gasteiger partial charge is 0.293 e. The lowest BCUT2D eigenvalue weighted by Crippen LogP contribution is -2.36. The van der Waals surface area contributed by atoms with Crippen molar-refractivity contribution in [2.45, 2.75) is 57.8 Å². The Hall–Kier alpha value is -2.80. The molecule has 1 fully saturated rings. The number of pyridine rings is 1. The summed E-state index contributed by atoms with van der Waals surface area (Å²) in [6, 6.07) is 9.81. The lowest BCUT2D eigenvalue weighted by atomic mass is 10.1. The topological polar surface area (TPSA) is 68.8 Å². The zero-order chi connectivity index (χ0) is 19.6. The highest BCUT2D eigenvalue weighted by Crippen LogP contribution is 2.23. The smallest absolute Gasteiger partial charge is 0.266 e. The minimum Gasteiger partial charge on any atom is -0.293 e. The number of rotatable bonds is 5. The van der Waals surface area contributed by atoms with E-state index in [0.29, 0.717) is 12.6 Å². The maximum atomic E-state index is 12.4. The molecular formula is C22H26N6O. The second kappa shape index (κ2) is 7.91. The van der Waals surface area contributed by atoms with E-state index in [1.165, 1.54) is 18.5 Å². The molecule has 0 N–H and O–H groups in total. The molecule has 0 bridgehead atoms. The van der Waals surface area contributed by atoms with Gasteiger partial charge in [0, 0.05) is 48.8 Å². The lowest BCUT2D eigenvalue weighted by Gasteiger charge is -2.24. The average molecular weight is 390 g/mol. The molecule has 0 radical (unpaired) electrons. The molecule has 0 spiro atoms. The molecule has 7 heteroatoms. The summed E-state index contributed by atoms with van der Waals surface area (Å²) in [6.45, 7) is 3.55. The zero-order valence-electron chi connectivity index (χ0n) is 16.6. The molecule has 0 amide bonds. The standard InChI is InChI=1S/C22H26N6O/c29-22-9-8-21(17-5-3-10-23-14-17)25-28(22)16-20-7-4-11-26(20)15-18-13-19-6-1-2-12-27(19)24-18/h3,5,8-10,13-14,20H,1-2,4,6-7,11-12,15-16H2. The van der Waals surface area contributed by atoms with Crippen LogP contribution in [0.4, 0.5) is 0 Å². The van der Waals surface area contributed by atoms with Crippen molar-refractivity contribution in [3.05, 3.63) is 64.5 Å². The third kappa shape index (κ3) is 3.87. The lowest BCUT2D eigenvalue weighted by molar-refractivity contribution is 0.214. The number of fused-ring (bicyclic) bond motifs is 1. The van der Waals surface area contributed by atoms with E-state index in [4.69, 9.17) is 5.10 Å². The summed E-state index contributed by atoms with van der Waals surface area (Å²) in [5, 5.41) is 9.43. The minimum absolute atomic E-state index is 0.0538. The fourth-order valence-electron chi connectivity index (χ4n) is 4.52. The molecular weight excluding hydrogens is 364 g/mol. The fourth-order valence-corrected chi connectivity index (χ4v) is 4.52. The van der Waals surface area contributed by atoms with Crippen molar-refractivity contribution in [2.75, 3.05) is 6.54 Å². The van der Waals surface area contributed by atoms with E-state index in [1.807, 2.05) is 12.1 Å². The molecule has 1 saturated heterocycles. The maximum Gasteiger partial charge on any atom is 0.266 e. The highest BCUT2D eigenvalue weighted by molar-refractivity contribution is 5.56. The molecule has 3 aromatic rings. The molecule has 29 heavy (non-hydrogen) atoms. The third-order valence-corrected chi connectivity index (χ3v) is 6.04. The van der Waals surface area contributed by atoms with Gasteiger partial charge in [0.15, 0.2) is 0 Å². The molecule has 0 aliphatic carbocycles. The summed E-state index contributed by atoms with van der Waals surface area (Å²) in [7, 11) is 0. The summed E-state index contributed by atoms with van der Waals surface area (Å²) >= 11 is 0. The van der Waals surface area contributed by atoms with Crippen LogP contribution in [0.15, 0.2) is 47.5 Å². The molecule has 3 aromatic heterocycles. The van der Waals surface area contributed by atoms with E-state index in [1.54, 1.807) is 29.2 Å². The Balaban J connectivity index is 1.33. The minimum atomic E-state index is -0.0538. The van der Waals surface area contributed by atoms with Gasteiger partial charge in [-0.1, -0.05) is 0 Å². The van der Waals surface area contributed by atoms with E-state index < -0.39 is 0 Å². The van der Waals surface area contributed by atoms with Crippen LogP contribution in [0.25, 0.3) is 11.3 Å². The number of hydrogen-bond donors (Lipinski definition) is 0. The quantitative estimate of drug-likeness (QED) is 0.670. The normalized spacial score (nSPS) is 19.4. The predicted molar refractivity (Wildman–Crippen MR) is 110 cm³/mol. The van der Waals surface area contributed by atoms with E-state index >= 15 is 0 Å². The molecule has 1 atom stereocenters. The van der Waals surface area contributed by atoms with Crippen LogP contribution in [-0.2, 0) is 26.1 Å². The van der Waals surface area contributed by atoms with Gasteiger partial charge in [-0.15, -0.1) is 0 Å². The second-order valence-corrected chi connectivity index (χ2v) is 8.05. The van der Waals surface area contributed by atoms with Crippen LogP contribution in [0, 0.1) is 0 Å². The average Bonchev–Trinajstić information content (AvgIpc) is 3.36. The van der Waals surface area contributed by atoms with Gasteiger partial charge < -0.3 is 0 Å². The second-order valence-electron chi connectivity index (χ2n) is 8.05. The Morgan fingerprint density at radius 2 is 2.03 bits per heavy atom. The molecule has 5 heterocycles. The van der Waals surface area contributed by atoms with Crippen molar-refractivity contribution in [1.82, 2.24) is 29.4 Å². The van der Waals surface area contributed by atoms with Gasteiger partial charge in [0.2, 0.25) is 0 Å². The van der Waals surface area contributed by atoms with E-state index in [-0.39, 0.29) is 5.56 Å². The van der Waals surface area contributed by atoms with E-state index in [2.05, 4.69) is 25.7 Å². The Morgan fingerprint density at radius 1 is 1.07 bits per heavy atom. The fraction of sp³-hybridized carbons (Fsp3) is 0.455. The van der Waals surface area contributed by atoms with Crippen LogP contribution < -0.4 is 5.56 Å². The van der Waals surface area contributed by atoms with Crippen molar-refractivity contribution < 1.29 is 0 Å². The highest BCUT2D eigenvalue weighted by Gasteiger charge is 2.27. The first kappa shape index (κ1) is 18.2. The summed E-state index contributed by atoms with van der Waals surface area (Å²) in [5.41, 5.74) is 4.17. The van der Waals surface area contributed by atoms with Crippen LogP contribution in [-0.4, -0.2) is 42.0 Å². The first-order chi connectivity index (χ1) is 14.3. The molecule has 1 unspecified atom stereocenters. The maximum absolute atomic E-state index is 12.4. The van der Waals surface area contributed by atoms with Crippen LogP contribution >= 0.6 is 0 Å². The number of aryl methyl sites for hydroxylation is 2. The van der Waals surface area contributed by atoms with Gasteiger partial charge >= 0.3 is 0 Å². The van der Waals surface area contributed by atoms with Crippen molar-refractivity contribution in [2.24, 2.45) is 0 Å². The van der Waals surface area contributed by atoms with E-state index in [9.17, 15) is 4.79 Å². The van der Waals surface area contributed by atoms with Gasteiger partial charge in [0.05, 0.1) is 17.9 Å². The van der Waals surface area contributed by atoms with Gasteiger partial charge in [-0.05, 0) is 62.9 Å².